The van der Waals surface area contributed by atoms with Crippen molar-refractivity contribution in [3.63, 3.8) is 0 Å². The SMILES string of the molecule is NCC#Cc1ccc(S(=O)(=O)NCCC2CCC2)c(Cl)c1. The van der Waals surface area contributed by atoms with Gasteiger partial charge in [0.25, 0.3) is 0 Å². The minimum atomic E-state index is -3.56. The van der Waals surface area contributed by atoms with Crippen molar-refractivity contribution in [2.24, 2.45) is 11.7 Å². The van der Waals surface area contributed by atoms with Crippen molar-refractivity contribution in [3.8, 4) is 11.8 Å². The number of sulfonamides is 1. The van der Waals surface area contributed by atoms with Gasteiger partial charge in [0.1, 0.15) is 4.90 Å². The summed E-state index contributed by atoms with van der Waals surface area (Å²) < 4.78 is 27.0. The quantitative estimate of drug-likeness (QED) is 0.814. The second-order valence-corrected chi connectivity index (χ2v) is 7.28. The van der Waals surface area contributed by atoms with Crippen LogP contribution in [-0.2, 0) is 10.0 Å². The standard InChI is InChI=1S/C15H19ClN2O2S/c16-14-11-13(5-2-9-17)6-7-15(14)21(19,20)18-10-8-12-3-1-4-12/h6-7,11-12,18H,1,3-4,8-10,17H2. The van der Waals surface area contributed by atoms with Crippen LogP contribution in [0.4, 0.5) is 0 Å². The first-order valence-electron chi connectivity index (χ1n) is 7.01. The maximum absolute atomic E-state index is 12.2. The fourth-order valence-electron chi connectivity index (χ4n) is 2.21. The van der Waals surface area contributed by atoms with E-state index in [1.807, 2.05) is 0 Å². The van der Waals surface area contributed by atoms with Crippen LogP contribution < -0.4 is 10.5 Å². The molecule has 3 N–H and O–H groups in total. The van der Waals surface area contributed by atoms with Gasteiger partial charge >= 0.3 is 0 Å². The Balaban J connectivity index is 2.04. The number of hydrogen-bond acceptors (Lipinski definition) is 3. The summed E-state index contributed by atoms with van der Waals surface area (Å²) in [6, 6.07) is 4.66. The Morgan fingerprint density at radius 1 is 1.38 bits per heavy atom. The lowest BCUT2D eigenvalue weighted by atomic mass is 9.83. The smallest absolute Gasteiger partial charge is 0.242 e. The van der Waals surface area contributed by atoms with Crippen LogP contribution in [0.15, 0.2) is 23.1 Å². The third-order valence-corrected chi connectivity index (χ3v) is 5.57. The van der Waals surface area contributed by atoms with Crippen LogP contribution >= 0.6 is 11.6 Å². The highest BCUT2D eigenvalue weighted by Gasteiger charge is 2.20. The molecule has 21 heavy (non-hydrogen) atoms. The normalized spacial score (nSPS) is 15.1. The molecule has 0 heterocycles. The van der Waals surface area contributed by atoms with Crippen molar-refractivity contribution < 1.29 is 8.42 Å². The predicted molar refractivity (Wildman–Crippen MR) is 84.5 cm³/mol. The van der Waals surface area contributed by atoms with Crippen LogP contribution in [-0.4, -0.2) is 21.5 Å². The maximum atomic E-state index is 12.2. The van der Waals surface area contributed by atoms with E-state index < -0.39 is 10.0 Å². The molecular formula is C15H19ClN2O2S. The summed E-state index contributed by atoms with van der Waals surface area (Å²) in [6.07, 6.45) is 4.55. The van der Waals surface area contributed by atoms with E-state index in [1.165, 1.54) is 25.3 Å². The summed E-state index contributed by atoms with van der Waals surface area (Å²) in [5, 5.41) is 0.176. The van der Waals surface area contributed by atoms with Crippen molar-refractivity contribution in [1.82, 2.24) is 4.72 Å². The lowest BCUT2D eigenvalue weighted by molar-refractivity contribution is 0.297. The number of hydrogen-bond donors (Lipinski definition) is 2. The molecule has 1 aromatic rings. The van der Waals surface area contributed by atoms with Crippen molar-refractivity contribution in [2.75, 3.05) is 13.1 Å². The van der Waals surface area contributed by atoms with Crippen LogP contribution in [0.25, 0.3) is 0 Å². The molecule has 1 aliphatic rings. The molecule has 6 heteroatoms. The summed E-state index contributed by atoms with van der Waals surface area (Å²) >= 11 is 6.05. The molecule has 0 unspecified atom stereocenters. The van der Waals surface area contributed by atoms with Crippen molar-refractivity contribution in [3.05, 3.63) is 28.8 Å². The van der Waals surface area contributed by atoms with Crippen LogP contribution in [0.2, 0.25) is 5.02 Å². The monoisotopic (exact) mass is 326 g/mol. The average Bonchev–Trinajstić information content (AvgIpc) is 2.39. The van der Waals surface area contributed by atoms with E-state index in [0.29, 0.717) is 18.0 Å². The van der Waals surface area contributed by atoms with Crippen molar-refractivity contribution >= 4 is 21.6 Å². The maximum Gasteiger partial charge on any atom is 0.242 e. The highest BCUT2D eigenvalue weighted by molar-refractivity contribution is 7.89. The summed E-state index contributed by atoms with van der Waals surface area (Å²) in [7, 11) is -3.56. The summed E-state index contributed by atoms with van der Waals surface area (Å²) in [4.78, 5) is 0.0936. The Kier molecular flexibility index (Phi) is 5.65. The van der Waals surface area contributed by atoms with Gasteiger partial charge in [-0.15, -0.1) is 0 Å². The van der Waals surface area contributed by atoms with Gasteiger partial charge < -0.3 is 5.73 Å². The second-order valence-electron chi connectivity index (χ2n) is 5.13. The first kappa shape index (κ1) is 16.3. The van der Waals surface area contributed by atoms with Crippen LogP contribution in [0.3, 0.4) is 0 Å². The molecule has 0 amide bonds. The van der Waals surface area contributed by atoms with E-state index in [4.69, 9.17) is 17.3 Å². The summed E-state index contributed by atoms with van der Waals surface area (Å²) in [5.41, 5.74) is 5.95. The zero-order valence-electron chi connectivity index (χ0n) is 11.7. The van der Waals surface area contributed by atoms with E-state index in [-0.39, 0.29) is 16.5 Å². The van der Waals surface area contributed by atoms with Crippen LogP contribution in [0.1, 0.15) is 31.2 Å². The molecule has 0 radical (unpaired) electrons. The molecule has 0 aliphatic heterocycles. The van der Waals surface area contributed by atoms with Gasteiger partial charge in [-0.2, -0.15) is 0 Å². The van der Waals surface area contributed by atoms with Crippen molar-refractivity contribution in [1.29, 1.82) is 0 Å². The first-order chi connectivity index (χ1) is 10.0. The molecule has 1 fully saturated rings. The lowest BCUT2D eigenvalue weighted by Gasteiger charge is -2.25. The van der Waals surface area contributed by atoms with Gasteiger partial charge in [0.05, 0.1) is 11.6 Å². The minimum Gasteiger partial charge on any atom is -0.320 e. The third-order valence-electron chi connectivity index (χ3n) is 3.63. The van der Waals surface area contributed by atoms with Gasteiger partial charge in [0.2, 0.25) is 10.0 Å². The summed E-state index contributed by atoms with van der Waals surface area (Å²) in [6.45, 7) is 0.707. The summed E-state index contributed by atoms with van der Waals surface area (Å²) in [5.74, 6) is 6.19. The molecule has 1 saturated carbocycles. The fraction of sp³-hybridized carbons (Fsp3) is 0.467. The molecule has 0 saturated heterocycles. The Morgan fingerprint density at radius 3 is 2.71 bits per heavy atom. The van der Waals surface area contributed by atoms with Gasteiger partial charge in [-0.3, -0.25) is 0 Å². The molecule has 1 aliphatic carbocycles. The Bertz CT molecular complexity index is 658. The molecule has 114 valence electrons. The lowest BCUT2D eigenvalue weighted by Crippen LogP contribution is -2.27. The zero-order valence-corrected chi connectivity index (χ0v) is 13.3. The molecule has 1 aromatic carbocycles. The van der Waals surface area contributed by atoms with Gasteiger partial charge in [0.15, 0.2) is 0 Å². The topological polar surface area (TPSA) is 72.2 Å². The van der Waals surface area contributed by atoms with E-state index in [0.717, 1.165) is 6.42 Å². The highest BCUT2D eigenvalue weighted by atomic mass is 35.5. The number of benzene rings is 1. The van der Waals surface area contributed by atoms with E-state index in [1.54, 1.807) is 12.1 Å². The number of halogens is 1. The van der Waals surface area contributed by atoms with Crippen LogP contribution in [0.5, 0.6) is 0 Å². The molecule has 0 aromatic heterocycles. The first-order valence-corrected chi connectivity index (χ1v) is 8.87. The van der Waals surface area contributed by atoms with E-state index >= 15 is 0 Å². The second kappa shape index (κ2) is 7.28. The van der Waals surface area contributed by atoms with Crippen LogP contribution in [0, 0.1) is 17.8 Å². The molecule has 4 nitrogen and oxygen atoms in total. The molecule has 2 rings (SSSR count). The number of nitrogens with one attached hydrogen (secondary N) is 1. The van der Waals surface area contributed by atoms with Crippen molar-refractivity contribution in [2.45, 2.75) is 30.6 Å². The average molecular weight is 327 g/mol. The zero-order chi connectivity index (χ0) is 15.3. The van der Waals surface area contributed by atoms with E-state index in [2.05, 4.69) is 16.6 Å². The third kappa shape index (κ3) is 4.45. The van der Waals surface area contributed by atoms with Gasteiger partial charge in [0, 0.05) is 12.1 Å². The van der Waals surface area contributed by atoms with Gasteiger partial charge in [-0.05, 0) is 30.5 Å². The molecular weight excluding hydrogens is 308 g/mol. The Hall–Kier alpha value is -1.06. The predicted octanol–water partition coefficient (Wildman–Crippen LogP) is 2.12. The molecule has 0 spiro atoms. The number of nitrogens with two attached hydrogens (primary N) is 1. The van der Waals surface area contributed by atoms with Gasteiger partial charge in [-0.25, -0.2) is 13.1 Å². The fourth-order valence-corrected chi connectivity index (χ4v) is 3.80. The highest BCUT2D eigenvalue weighted by Crippen LogP contribution is 2.29. The Morgan fingerprint density at radius 2 is 2.14 bits per heavy atom. The van der Waals surface area contributed by atoms with Gasteiger partial charge in [-0.1, -0.05) is 42.7 Å². The minimum absolute atomic E-state index is 0.0936. The largest absolute Gasteiger partial charge is 0.320 e. The molecule has 0 bridgehead atoms. The number of rotatable bonds is 5. The molecule has 0 atom stereocenters. The Labute approximate surface area is 131 Å². The van der Waals surface area contributed by atoms with E-state index in [9.17, 15) is 8.42 Å².